The third kappa shape index (κ3) is 14.8. The van der Waals surface area contributed by atoms with E-state index in [9.17, 15) is 19.8 Å². The molecule has 0 aliphatic heterocycles. The minimum Gasteiger partial charge on any atom is -0.502 e. The lowest BCUT2D eigenvalue weighted by molar-refractivity contribution is 0.138. The van der Waals surface area contributed by atoms with Crippen molar-refractivity contribution in [1.29, 1.82) is 0 Å². The van der Waals surface area contributed by atoms with Gasteiger partial charge in [0.25, 0.3) is 0 Å². The molecule has 0 aliphatic rings. The molecule has 0 saturated heterocycles. The van der Waals surface area contributed by atoms with Gasteiger partial charge in [0.2, 0.25) is 0 Å². The number of rotatable bonds is 19. The first-order valence-electron chi connectivity index (χ1n) is 9.93. The smallest absolute Gasteiger partial charge is 0.407 e. The second kappa shape index (κ2) is 18.0. The quantitative estimate of drug-likeness (QED) is 0.246. The molecule has 0 radical (unpaired) electrons. The largest absolute Gasteiger partial charge is 0.502 e. The number of hydrogen-bond acceptors (Lipinski definition) is 4. The molecule has 0 fully saturated rings. The molecule has 8 nitrogen and oxygen atoms in total. The van der Waals surface area contributed by atoms with E-state index in [0.717, 1.165) is 51.4 Å². The highest BCUT2D eigenvalue weighted by Crippen LogP contribution is 2.07. The summed E-state index contributed by atoms with van der Waals surface area (Å²) in [5.74, 6) is 0. The summed E-state index contributed by atoms with van der Waals surface area (Å²) in [5.41, 5.74) is 0. The van der Waals surface area contributed by atoms with E-state index in [2.05, 4.69) is 13.2 Å². The van der Waals surface area contributed by atoms with E-state index < -0.39 is 12.2 Å². The monoisotopic (exact) mass is 400 g/mol. The maximum absolute atomic E-state index is 11.3. The van der Waals surface area contributed by atoms with Crippen LogP contribution in [0.2, 0.25) is 0 Å². The molecule has 0 unspecified atom stereocenters. The Labute approximate surface area is 168 Å². The van der Waals surface area contributed by atoms with Gasteiger partial charge < -0.3 is 29.5 Å². The molecule has 0 atom stereocenters. The lowest BCUT2D eigenvalue weighted by Gasteiger charge is -2.20. The first-order valence-corrected chi connectivity index (χ1v) is 9.93. The van der Waals surface area contributed by atoms with E-state index in [1.165, 1.54) is 22.3 Å². The van der Waals surface area contributed by atoms with Gasteiger partial charge in [-0.05, 0) is 38.5 Å². The van der Waals surface area contributed by atoms with Gasteiger partial charge in [0.05, 0.1) is 25.7 Å². The standard InChI is InChI=1S/C20H36N2O6/c1-3-27-17-11-9-15-21(19(23)24)13-7-5-6-8-14-22(20(25)26)16-10-12-18-28-4-2/h3-4H,1-2,5-18H2,(H,23,24)(H,25,26). The van der Waals surface area contributed by atoms with E-state index >= 15 is 0 Å². The molecular weight excluding hydrogens is 364 g/mol. The van der Waals surface area contributed by atoms with E-state index in [0.29, 0.717) is 39.4 Å². The van der Waals surface area contributed by atoms with E-state index in [1.807, 2.05) is 0 Å². The van der Waals surface area contributed by atoms with Gasteiger partial charge in [-0.15, -0.1) is 0 Å². The molecule has 2 amide bonds. The van der Waals surface area contributed by atoms with Gasteiger partial charge in [0.1, 0.15) is 0 Å². The lowest BCUT2D eigenvalue weighted by Crippen LogP contribution is -2.32. The maximum atomic E-state index is 11.3. The van der Waals surface area contributed by atoms with Gasteiger partial charge in [-0.2, -0.15) is 0 Å². The lowest BCUT2D eigenvalue weighted by atomic mass is 10.1. The van der Waals surface area contributed by atoms with Crippen molar-refractivity contribution in [2.45, 2.75) is 51.4 Å². The Morgan fingerprint density at radius 2 is 0.964 bits per heavy atom. The number of carboxylic acid groups (broad SMARTS) is 2. The maximum Gasteiger partial charge on any atom is 0.407 e. The number of carbonyl (C=O) groups is 2. The van der Waals surface area contributed by atoms with E-state index in [1.54, 1.807) is 0 Å². The molecule has 2 N–H and O–H groups in total. The number of ether oxygens (including phenoxy) is 2. The van der Waals surface area contributed by atoms with Crippen molar-refractivity contribution in [3.05, 3.63) is 25.7 Å². The van der Waals surface area contributed by atoms with Crippen LogP contribution in [0.4, 0.5) is 9.59 Å². The van der Waals surface area contributed by atoms with Crippen LogP contribution in [-0.4, -0.2) is 71.6 Å². The van der Waals surface area contributed by atoms with Crippen LogP contribution in [0.3, 0.4) is 0 Å². The SMILES string of the molecule is C=COCCCCN(CCCCCCN(CCCCOC=C)C(=O)O)C(=O)O. The van der Waals surface area contributed by atoms with Crippen molar-refractivity contribution in [1.82, 2.24) is 9.80 Å². The van der Waals surface area contributed by atoms with Gasteiger partial charge in [-0.25, -0.2) is 9.59 Å². The van der Waals surface area contributed by atoms with Crippen LogP contribution in [0.15, 0.2) is 25.7 Å². The van der Waals surface area contributed by atoms with Crippen LogP contribution >= 0.6 is 0 Å². The summed E-state index contributed by atoms with van der Waals surface area (Å²) in [7, 11) is 0. The Hall–Kier alpha value is -2.38. The fourth-order valence-corrected chi connectivity index (χ4v) is 2.71. The number of nitrogens with zero attached hydrogens (tertiary/aromatic N) is 2. The Kier molecular flexibility index (Phi) is 16.5. The van der Waals surface area contributed by atoms with Crippen LogP contribution in [0.5, 0.6) is 0 Å². The summed E-state index contributed by atoms with van der Waals surface area (Å²) in [4.78, 5) is 25.4. The molecule has 0 aromatic heterocycles. The van der Waals surface area contributed by atoms with Crippen molar-refractivity contribution in [2.24, 2.45) is 0 Å². The van der Waals surface area contributed by atoms with Gasteiger partial charge in [-0.3, -0.25) is 0 Å². The summed E-state index contributed by atoms with van der Waals surface area (Å²) >= 11 is 0. The van der Waals surface area contributed by atoms with E-state index in [4.69, 9.17) is 9.47 Å². The van der Waals surface area contributed by atoms with Crippen LogP contribution in [0.1, 0.15) is 51.4 Å². The number of amides is 2. The summed E-state index contributed by atoms with van der Waals surface area (Å²) < 4.78 is 10.0. The second-order valence-corrected chi connectivity index (χ2v) is 6.44. The average molecular weight is 401 g/mol. The fourth-order valence-electron chi connectivity index (χ4n) is 2.71. The summed E-state index contributed by atoms with van der Waals surface area (Å²) in [5, 5.41) is 18.5. The molecule has 0 spiro atoms. The van der Waals surface area contributed by atoms with Crippen molar-refractivity contribution in [3.8, 4) is 0 Å². The zero-order valence-electron chi connectivity index (χ0n) is 16.9. The first kappa shape index (κ1) is 25.6. The minimum absolute atomic E-state index is 0.498. The molecule has 0 aliphatic carbocycles. The highest BCUT2D eigenvalue weighted by atomic mass is 16.5. The van der Waals surface area contributed by atoms with Gasteiger partial charge in [-0.1, -0.05) is 26.0 Å². The summed E-state index contributed by atoms with van der Waals surface area (Å²) in [6, 6.07) is 0. The highest BCUT2D eigenvalue weighted by molar-refractivity contribution is 5.65. The second-order valence-electron chi connectivity index (χ2n) is 6.44. The third-order valence-corrected chi connectivity index (χ3v) is 4.26. The Balaban J connectivity index is 3.85. The predicted octanol–water partition coefficient (Wildman–Crippen LogP) is 4.39. The fraction of sp³-hybridized carbons (Fsp3) is 0.700. The Bertz CT molecular complexity index is 404. The van der Waals surface area contributed by atoms with Gasteiger partial charge in [0, 0.05) is 26.2 Å². The van der Waals surface area contributed by atoms with Gasteiger partial charge in [0.15, 0.2) is 0 Å². The van der Waals surface area contributed by atoms with Crippen LogP contribution in [0, 0.1) is 0 Å². The van der Waals surface area contributed by atoms with Crippen LogP contribution < -0.4 is 0 Å². The summed E-state index contributed by atoms with van der Waals surface area (Å²) in [6.45, 7) is 10.0. The molecule has 0 saturated carbocycles. The highest BCUT2D eigenvalue weighted by Gasteiger charge is 2.12. The van der Waals surface area contributed by atoms with E-state index in [-0.39, 0.29) is 0 Å². The molecule has 8 heteroatoms. The number of hydrogen-bond donors (Lipinski definition) is 2. The molecule has 0 aromatic rings. The minimum atomic E-state index is -0.901. The predicted molar refractivity (Wildman–Crippen MR) is 108 cm³/mol. The zero-order valence-corrected chi connectivity index (χ0v) is 16.9. The molecule has 0 aromatic carbocycles. The van der Waals surface area contributed by atoms with Crippen LogP contribution in [0.25, 0.3) is 0 Å². The molecule has 28 heavy (non-hydrogen) atoms. The molecular formula is C20H36N2O6. The van der Waals surface area contributed by atoms with Crippen molar-refractivity contribution in [2.75, 3.05) is 39.4 Å². The Morgan fingerprint density at radius 3 is 1.25 bits per heavy atom. The normalized spacial score (nSPS) is 10.1. The summed E-state index contributed by atoms with van der Waals surface area (Å²) in [6.07, 6.45) is 7.38. The Morgan fingerprint density at radius 1 is 0.643 bits per heavy atom. The third-order valence-electron chi connectivity index (χ3n) is 4.26. The number of unbranched alkanes of at least 4 members (excludes halogenated alkanes) is 5. The van der Waals surface area contributed by atoms with Crippen LogP contribution in [-0.2, 0) is 9.47 Å². The first-order chi connectivity index (χ1) is 13.5. The van der Waals surface area contributed by atoms with Crippen molar-refractivity contribution in [3.63, 3.8) is 0 Å². The van der Waals surface area contributed by atoms with Crippen molar-refractivity contribution < 1.29 is 29.3 Å². The molecule has 0 heterocycles. The molecule has 0 rings (SSSR count). The van der Waals surface area contributed by atoms with Gasteiger partial charge >= 0.3 is 12.2 Å². The molecule has 162 valence electrons. The molecule has 0 bridgehead atoms. The van der Waals surface area contributed by atoms with Crippen molar-refractivity contribution >= 4 is 12.2 Å². The zero-order chi connectivity index (χ0) is 21.0. The topological polar surface area (TPSA) is 99.5 Å². The average Bonchev–Trinajstić information content (AvgIpc) is 2.66.